The van der Waals surface area contributed by atoms with Crippen LogP contribution in [-0.2, 0) is 0 Å². The van der Waals surface area contributed by atoms with E-state index in [-0.39, 0.29) is 5.82 Å². The minimum atomic E-state index is -1.47. The van der Waals surface area contributed by atoms with Gasteiger partial charge >= 0.3 is 5.97 Å². The Morgan fingerprint density at radius 3 is 2.83 bits per heavy atom. The Hall–Kier alpha value is -2.35. The summed E-state index contributed by atoms with van der Waals surface area (Å²) in [6.07, 6.45) is 0. The molecule has 0 radical (unpaired) electrons. The van der Waals surface area contributed by atoms with Crippen LogP contribution in [0.25, 0.3) is 10.7 Å². The molecule has 0 saturated heterocycles. The Morgan fingerprint density at radius 1 is 1.56 bits per heavy atom. The zero-order valence-electron chi connectivity index (χ0n) is 9.13. The lowest BCUT2D eigenvalue weighted by Crippen LogP contribution is -2.14. The van der Waals surface area contributed by atoms with Crippen molar-refractivity contribution in [1.29, 1.82) is 0 Å². The largest absolute Gasteiger partial charge is 0.501 e. The molecular formula is C10H8N2O5S. The Kier molecular flexibility index (Phi) is 3.02. The first kappa shape index (κ1) is 12.1. The molecule has 2 aromatic heterocycles. The van der Waals surface area contributed by atoms with Crippen LogP contribution in [0.5, 0.6) is 11.5 Å². The fourth-order valence-corrected chi connectivity index (χ4v) is 2.08. The highest BCUT2D eigenvalue weighted by Gasteiger charge is 2.18. The molecule has 8 heteroatoms. The Balaban J connectivity index is 2.58. The number of hydrogen-bond acceptors (Lipinski definition) is 6. The quantitative estimate of drug-likeness (QED) is 0.762. The first-order valence-corrected chi connectivity index (χ1v) is 5.60. The number of aromatic nitrogens is 2. The van der Waals surface area contributed by atoms with Gasteiger partial charge in [0.15, 0.2) is 11.5 Å². The lowest BCUT2D eigenvalue weighted by atomic mass is 10.3. The third-order valence-electron chi connectivity index (χ3n) is 2.14. The SMILES string of the molecule is COc1csc(-c2nc(C(=O)O)c(O)c(=O)[nH]2)c1. The molecule has 0 bridgehead atoms. The molecule has 2 heterocycles. The number of aromatic carboxylic acids is 1. The van der Waals surface area contributed by atoms with E-state index >= 15 is 0 Å². The van der Waals surface area contributed by atoms with Crippen LogP contribution in [0.2, 0.25) is 0 Å². The normalized spacial score (nSPS) is 10.3. The van der Waals surface area contributed by atoms with E-state index in [4.69, 9.17) is 9.84 Å². The zero-order chi connectivity index (χ0) is 13.3. The predicted molar refractivity (Wildman–Crippen MR) is 63.3 cm³/mol. The van der Waals surface area contributed by atoms with Crippen LogP contribution in [-0.4, -0.2) is 33.3 Å². The number of carboxylic acid groups (broad SMARTS) is 1. The number of thiophene rings is 1. The van der Waals surface area contributed by atoms with E-state index in [1.807, 2.05) is 0 Å². The average molecular weight is 268 g/mol. The summed E-state index contributed by atoms with van der Waals surface area (Å²) in [6, 6.07) is 1.60. The van der Waals surface area contributed by atoms with Gasteiger partial charge in [-0.1, -0.05) is 0 Å². The topological polar surface area (TPSA) is 113 Å². The molecule has 94 valence electrons. The molecule has 0 aromatic carbocycles. The summed E-state index contributed by atoms with van der Waals surface area (Å²) in [7, 11) is 1.49. The fraction of sp³-hybridized carbons (Fsp3) is 0.100. The molecule has 0 aliphatic rings. The fourth-order valence-electron chi connectivity index (χ4n) is 1.28. The highest BCUT2D eigenvalue weighted by atomic mass is 32.1. The molecule has 0 amide bonds. The van der Waals surface area contributed by atoms with E-state index in [1.165, 1.54) is 18.4 Å². The summed E-state index contributed by atoms with van der Waals surface area (Å²) in [6.45, 7) is 0. The number of hydrogen-bond donors (Lipinski definition) is 3. The van der Waals surface area contributed by atoms with Crippen molar-refractivity contribution in [1.82, 2.24) is 9.97 Å². The van der Waals surface area contributed by atoms with Gasteiger partial charge < -0.3 is 19.9 Å². The maximum Gasteiger partial charge on any atom is 0.358 e. The van der Waals surface area contributed by atoms with E-state index in [2.05, 4.69) is 9.97 Å². The van der Waals surface area contributed by atoms with Gasteiger partial charge in [0, 0.05) is 11.4 Å². The van der Waals surface area contributed by atoms with Gasteiger partial charge in [-0.05, 0) is 0 Å². The minimum Gasteiger partial charge on any atom is -0.501 e. The number of H-pyrrole nitrogens is 1. The summed E-state index contributed by atoms with van der Waals surface area (Å²) < 4.78 is 4.97. The lowest BCUT2D eigenvalue weighted by molar-refractivity contribution is 0.0686. The molecular weight excluding hydrogens is 260 g/mol. The van der Waals surface area contributed by atoms with Gasteiger partial charge in [-0.15, -0.1) is 11.3 Å². The van der Waals surface area contributed by atoms with Crippen molar-refractivity contribution in [2.45, 2.75) is 0 Å². The molecule has 7 nitrogen and oxygen atoms in total. The zero-order valence-corrected chi connectivity index (χ0v) is 9.95. The van der Waals surface area contributed by atoms with E-state index < -0.39 is 23.0 Å². The number of carbonyl (C=O) groups is 1. The first-order valence-electron chi connectivity index (χ1n) is 4.72. The highest BCUT2D eigenvalue weighted by Crippen LogP contribution is 2.28. The van der Waals surface area contributed by atoms with Crippen molar-refractivity contribution in [3.05, 3.63) is 27.5 Å². The molecule has 2 aromatic rings. The molecule has 0 spiro atoms. The van der Waals surface area contributed by atoms with Gasteiger partial charge in [-0.2, -0.15) is 0 Å². The third kappa shape index (κ3) is 2.05. The van der Waals surface area contributed by atoms with Gasteiger partial charge in [-0.25, -0.2) is 9.78 Å². The second kappa shape index (κ2) is 4.49. The summed E-state index contributed by atoms with van der Waals surface area (Å²) in [5.74, 6) is -1.73. The van der Waals surface area contributed by atoms with Crippen molar-refractivity contribution >= 4 is 17.3 Å². The molecule has 3 N–H and O–H groups in total. The Morgan fingerprint density at radius 2 is 2.28 bits per heavy atom. The summed E-state index contributed by atoms with van der Waals surface area (Å²) in [5, 5.41) is 19.8. The smallest absolute Gasteiger partial charge is 0.358 e. The number of nitrogens with zero attached hydrogens (tertiary/aromatic N) is 1. The van der Waals surface area contributed by atoms with Crippen molar-refractivity contribution < 1.29 is 19.7 Å². The van der Waals surface area contributed by atoms with Gasteiger partial charge in [0.2, 0.25) is 5.75 Å². The number of aromatic hydroxyl groups is 1. The molecule has 0 fully saturated rings. The van der Waals surface area contributed by atoms with Gasteiger partial charge in [0.25, 0.3) is 5.56 Å². The molecule has 0 aliphatic heterocycles. The van der Waals surface area contributed by atoms with Gasteiger partial charge in [-0.3, -0.25) is 4.79 Å². The number of rotatable bonds is 3. The van der Waals surface area contributed by atoms with Crippen LogP contribution in [0.4, 0.5) is 0 Å². The average Bonchev–Trinajstić information content (AvgIpc) is 2.80. The number of carboxylic acids is 1. The van der Waals surface area contributed by atoms with Crippen LogP contribution >= 0.6 is 11.3 Å². The van der Waals surface area contributed by atoms with Crippen LogP contribution in [0.3, 0.4) is 0 Å². The number of methoxy groups -OCH3 is 1. The molecule has 0 atom stereocenters. The minimum absolute atomic E-state index is 0.0727. The number of ether oxygens (including phenoxy) is 1. The second-order valence-corrected chi connectivity index (χ2v) is 4.18. The molecule has 0 unspecified atom stereocenters. The molecule has 2 rings (SSSR count). The summed E-state index contributed by atoms with van der Waals surface area (Å²) >= 11 is 1.23. The van der Waals surface area contributed by atoms with Crippen molar-refractivity contribution in [3.8, 4) is 22.2 Å². The molecule has 0 saturated carbocycles. The first-order chi connectivity index (χ1) is 8.52. The number of aromatic amines is 1. The van der Waals surface area contributed by atoms with E-state index in [1.54, 1.807) is 11.4 Å². The van der Waals surface area contributed by atoms with E-state index in [9.17, 15) is 14.7 Å². The van der Waals surface area contributed by atoms with Crippen LogP contribution < -0.4 is 10.3 Å². The summed E-state index contributed by atoms with van der Waals surface area (Å²) in [4.78, 5) is 28.7. The lowest BCUT2D eigenvalue weighted by Gasteiger charge is -2.01. The van der Waals surface area contributed by atoms with Gasteiger partial charge in [0.05, 0.1) is 12.0 Å². The van der Waals surface area contributed by atoms with Gasteiger partial charge in [0.1, 0.15) is 5.75 Å². The number of nitrogens with one attached hydrogen (secondary N) is 1. The van der Waals surface area contributed by atoms with Crippen molar-refractivity contribution in [3.63, 3.8) is 0 Å². The van der Waals surface area contributed by atoms with E-state index in [0.29, 0.717) is 10.6 Å². The second-order valence-electron chi connectivity index (χ2n) is 3.27. The molecule has 18 heavy (non-hydrogen) atoms. The standard InChI is InChI=1S/C10H8N2O5S/c1-17-4-2-5(18-3-4)8-11-6(10(15)16)7(13)9(14)12-8/h2-3,13H,1H3,(H,15,16)(H,11,12,14). The van der Waals surface area contributed by atoms with Crippen LogP contribution in [0, 0.1) is 0 Å². The maximum absolute atomic E-state index is 11.4. The Labute approximate surface area is 104 Å². The summed E-state index contributed by atoms with van der Waals surface area (Å²) in [5.41, 5.74) is -1.58. The molecule has 0 aliphatic carbocycles. The van der Waals surface area contributed by atoms with Crippen molar-refractivity contribution in [2.75, 3.05) is 7.11 Å². The predicted octanol–water partition coefficient (Wildman–Crippen LogP) is 0.911. The third-order valence-corrected chi connectivity index (χ3v) is 3.06. The maximum atomic E-state index is 11.4. The Bertz CT molecular complexity index is 661. The van der Waals surface area contributed by atoms with Crippen LogP contribution in [0.15, 0.2) is 16.2 Å². The monoisotopic (exact) mass is 268 g/mol. The van der Waals surface area contributed by atoms with Crippen molar-refractivity contribution in [2.24, 2.45) is 0 Å². The van der Waals surface area contributed by atoms with Crippen LogP contribution in [0.1, 0.15) is 10.5 Å². The van der Waals surface area contributed by atoms with E-state index in [0.717, 1.165) is 0 Å². The highest BCUT2D eigenvalue weighted by molar-refractivity contribution is 7.13.